The molecule has 1 aromatic carbocycles. The first-order valence-electron chi connectivity index (χ1n) is 6.59. The minimum absolute atomic E-state index is 0.00145. The third-order valence-corrected chi connectivity index (χ3v) is 2.91. The van der Waals surface area contributed by atoms with Crippen LogP contribution in [-0.2, 0) is 6.42 Å². The van der Waals surface area contributed by atoms with Gasteiger partial charge in [-0.3, -0.25) is 9.78 Å². The van der Waals surface area contributed by atoms with Gasteiger partial charge in [0, 0.05) is 24.0 Å². The Balaban J connectivity index is 1.63. The summed E-state index contributed by atoms with van der Waals surface area (Å²) >= 11 is 0. The lowest BCUT2D eigenvalue weighted by molar-refractivity contribution is 0.0953. The summed E-state index contributed by atoms with van der Waals surface area (Å²) in [6, 6.07) is 15.2. The Labute approximate surface area is 113 Å². The largest absolute Gasteiger partial charge is 0.352 e. The minimum atomic E-state index is -0.00145. The lowest BCUT2D eigenvalue weighted by atomic mass is 10.1. The molecule has 1 aromatic heterocycles. The van der Waals surface area contributed by atoms with Crippen molar-refractivity contribution in [2.45, 2.75) is 19.3 Å². The Morgan fingerprint density at radius 3 is 2.53 bits per heavy atom. The Kier molecular flexibility index (Phi) is 5.11. The number of rotatable bonds is 6. The van der Waals surface area contributed by atoms with Crippen LogP contribution in [0.3, 0.4) is 0 Å². The third-order valence-electron chi connectivity index (χ3n) is 2.91. The van der Waals surface area contributed by atoms with Crippen molar-refractivity contribution in [3.63, 3.8) is 0 Å². The number of unbranched alkanes of at least 4 members (excludes halogenated alkanes) is 1. The van der Waals surface area contributed by atoms with E-state index >= 15 is 0 Å². The highest BCUT2D eigenvalue weighted by atomic mass is 16.1. The van der Waals surface area contributed by atoms with Gasteiger partial charge in [0.05, 0.1) is 0 Å². The highest BCUT2D eigenvalue weighted by molar-refractivity contribution is 5.94. The molecule has 0 saturated carbocycles. The van der Waals surface area contributed by atoms with Gasteiger partial charge >= 0.3 is 0 Å². The van der Waals surface area contributed by atoms with Crippen molar-refractivity contribution in [3.8, 4) is 0 Å². The van der Waals surface area contributed by atoms with Crippen LogP contribution in [0.1, 0.15) is 28.9 Å². The molecule has 0 aliphatic carbocycles. The molecule has 98 valence electrons. The van der Waals surface area contributed by atoms with E-state index in [1.807, 2.05) is 54.7 Å². The number of benzene rings is 1. The molecule has 1 N–H and O–H groups in total. The minimum Gasteiger partial charge on any atom is -0.352 e. The van der Waals surface area contributed by atoms with Crippen LogP contribution in [0.4, 0.5) is 0 Å². The molecule has 0 saturated heterocycles. The molecule has 1 heterocycles. The molecule has 3 nitrogen and oxygen atoms in total. The van der Waals surface area contributed by atoms with Crippen LogP contribution < -0.4 is 5.32 Å². The molecule has 19 heavy (non-hydrogen) atoms. The molecule has 2 rings (SSSR count). The summed E-state index contributed by atoms with van der Waals surface area (Å²) in [5.74, 6) is -0.00145. The molecule has 0 fully saturated rings. The Morgan fingerprint density at radius 1 is 1.00 bits per heavy atom. The van der Waals surface area contributed by atoms with Gasteiger partial charge in [-0.25, -0.2) is 0 Å². The molecule has 0 radical (unpaired) electrons. The molecule has 3 heteroatoms. The van der Waals surface area contributed by atoms with E-state index in [4.69, 9.17) is 0 Å². The fourth-order valence-electron chi connectivity index (χ4n) is 1.87. The predicted octanol–water partition coefficient (Wildman–Crippen LogP) is 2.83. The first kappa shape index (κ1) is 13.3. The number of aryl methyl sites for hydroxylation is 1. The van der Waals surface area contributed by atoms with Crippen molar-refractivity contribution < 1.29 is 4.79 Å². The monoisotopic (exact) mass is 254 g/mol. The van der Waals surface area contributed by atoms with Crippen molar-refractivity contribution in [1.29, 1.82) is 0 Å². The first-order valence-corrected chi connectivity index (χ1v) is 6.59. The quantitative estimate of drug-likeness (QED) is 0.805. The number of carbonyl (C=O) groups is 1. The molecule has 2 aromatic rings. The lowest BCUT2D eigenvalue weighted by Crippen LogP contribution is -2.24. The zero-order valence-corrected chi connectivity index (χ0v) is 10.9. The van der Waals surface area contributed by atoms with Crippen LogP contribution >= 0.6 is 0 Å². The fourth-order valence-corrected chi connectivity index (χ4v) is 1.87. The molecular weight excluding hydrogens is 236 g/mol. The Hall–Kier alpha value is -2.16. The molecule has 0 aliphatic rings. The number of nitrogens with zero attached hydrogens (tertiary/aromatic N) is 1. The van der Waals surface area contributed by atoms with Crippen LogP contribution in [0.5, 0.6) is 0 Å². The van der Waals surface area contributed by atoms with Crippen molar-refractivity contribution >= 4 is 5.91 Å². The van der Waals surface area contributed by atoms with Gasteiger partial charge in [-0.05, 0) is 43.5 Å². The lowest BCUT2D eigenvalue weighted by Gasteiger charge is -2.05. The smallest absolute Gasteiger partial charge is 0.251 e. The summed E-state index contributed by atoms with van der Waals surface area (Å²) in [6.07, 6.45) is 4.77. The Bertz CT molecular complexity index is 497. The molecule has 0 unspecified atom stereocenters. The molecule has 0 aliphatic heterocycles. The number of aromatic nitrogens is 1. The summed E-state index contributed by atoms with van der Waals surface area (Å²) in [5.41, 5.74) is 1.82. The van der Waals surface area contributed by atoms with Crippen molar-refractivity contribution in [3.05, 3.63) is 66.0 Å². The average molecular weight is 254 g/mol. The van der Waals surface area contributed by atoms with Crippen molar-refractivity contribution in [2.24, 2.45) is 0 Å². The van der Waals surface area contributed by atoms with Gasteiger partial charge < -0.3 is 5.32 Å². The van der Waals surface area contributed by atoms with Crippen molar-refractivity contribution in [1.82, 2.24) is 10.3 Å². The van der Waals surface area contributed by atoms with Gasteiger partial charge in [0.15, 0.2) is 0 Å². The highest BCUT2D eigenvalue weighted by Crippen LogP contribution is 2.01. The SMILES string of the molecule is O=C(NCCCCc1ccccn1)c1ccccc1. The summed E-state index contributed by atoms with van der Waals surface area (Å²) in [7, 11) is 0. The summed E-state index contributed by atoms with van der Waals surface area (Å²) < 4.78 is 0. The summed E-state index contributed by atoms with van der Waals surface area (Å²) in [6.45, 7) is 0.709. The standard InChI is InChI=1S/C16H18N2O/c19-16(14-8-2-1-3-9-14)18-13-7-5-11-15-10-4-6-12-17-15/h1-4,6,8-10,12H,5,7,11,13H2,(H,18,19). The van der Waals surface area contributed by atoms with E-state index in [9.17, 15) is 4.79 Å². The zero-order valence-electron chi connectivity index (χ0n) is 10.9. The second kappa shape index (κ2) is 7.31. The number of nitrogens with one attached hydrogen (secondary N) is 1. The average Bonchev–Trinajstić information content (AvgIpc) is 2.49. The van der Waals surface area contributed by atoms with Gasteiger partial charge in [0.25, 0.3) is 5.91 Å². The number of hydrogen-bond donors (Lipinski definition) is 1. The van der Waals surface area contributed by atoms with Crippen LogP contribution in [-0.4, -0.2) is 17.4 Å². The van der Waals surface area contributed by atoms with E-state index in [0.29, 0.717) is 12.1 Å². The Morgan fingerprint density at radius 2 is 1.79 bits per heavy atom. The zero-order chi connectivity index (χ0) is 13.3. The van der Waals surface area contributed by atoms with Crippen LogP contribution in [0.25, 0.3) is 0 Å². The highest BCUT2D eigenvalue weighted by Gasteiger charge is 2.02. The molecule has 0 spiro atoms. The molecular formula is C16H18N2O. The van der Waals surface area contributed by atoms with Gasteiger partial charge in [0.1, 0.15) is 0 Å². The van der Waals surface area contributed by atoms with E-state index in [1.54, 1.807) is 0 Å². The predicted molar refractivity (Wildman–Crippen MR) is 76.0 cm³/mol. The molecule has 0 atom stereocenters. The van der Waals surface area contributed by atoms with Gasteiger partial charge in [-0.15, -0.1) is 0 Å². The maximum absolute atomic E-state index is 11.8. The summed E-state index contributed by atoms with van der Waals surface area (Å²) in [5, 5.41) is 2.93. The van der Waals surface area contributed by atoms with Gasteiger partial charge in [-0.2, -0.15) is 0 Å². The third kappa shape index (κ3) is 4.54. The topological polar surface area (TPSA) is 42.0 Å². The molecule has 1 amide bonds. The number of amides is 1. The maximum atomic E-state index is 11.8. The van der Waals surface area contributed by atoms with E-state index in [-0.39, 0.29) is 5.91 Å². The normalized spacial score (nSPS) is 10.1. The van der Waals surface area contributed by atoms with Gasteiger partial charge in [-0.1, -0.05) is 24.3 Å². The fraction of sp³-hybridized carbons (Fsp3) is 0.250. The second-order valence-corrected chi connectivity index (χ2v) is 4.40. The maximum Gasteiger partial charge on any atom is 0.251 e. The first-order chi connectivity index (χ1) is 9.36. The van der Waals surface area contributed by atoms with Crippen LogP contribution in [0, 0.1) is 0 Å². The van der Waals surface area contributed by atoms with E-state index in [2.05, 4.69) is 10.3 Å². The van der Waals surface area contributed by atoms with Crippen LogP contribution in [0.2, 0.25) is 0 Å². The van der Waals surface area contributed by atoms with Crippen LogP contribution in [0.15, 0.2) is 54.7 Å². The van der Waals surface area contributed by atoms with E-state index in [0.717, 1.165) is 25.0 Å². The van der Waals surface area contributed by atoms with E-state index in [1.165, 1.54) is 0 Å². The number of pyridine rings is 1. The summed E-state index contributed by atoms with van der Waals surface area (Å²) in [4.78, 5) is 16.0. The number of hydrogen-bond acceptors (Lipinski definition) is 2. The van der Waals surface area contributed by atoms with Gasteiger partial charge in [0.2, 0.25) is 0 Å². The van der Waals surface area contributed by atoms with E-state index < -0.39 is 0 Å². The van der Waals surface area contributed by atoms with Crippen molar-refractivity contribution in [2.75, 3.05) is 6.54 Å². The molecule has 0 bridgehead atoms. The second-order valence-electron chi connectivity index (χ2n) is 4.40. The number of carbonyl (C=O) groups excluding carboxylic acids is 1.